The third kappa shape index (κ3) is 3.80. The number of primary amides is 1. The Kier molecular flexibility index (Phi) is 4.52. The molecule has 1 aromatic rings. The van der Waals surface area contributed by atoms with Crippen molar-refractivity contribution in [2.75, 3.05) is 6.54 Å². The first-order valence-corrected chi connectivity index (χ1v) is 9.06. The molecule has 2 aliphatic carbocycles. The van der Waals surface area contributed by atoms with Crippen LogP contribution in [0.2, 0.25) is 0 Å². The van der Waals surface area contributed by atoms with Gasteiger partial charge in [-0.2, -0.15) is 0 Å². The van der Waals surface area contributed by atoms with Gasteiger partial charge < -0.3 is 15.4 Å². The van der Waals surface area contributed by atoms with Gasteiger partial charge in [-0.3, -0.25) is 4.79 Å². The molecule has 136 valence electrons. The van der Waals surface area contributed by atoms with Crippen LogP contribution in [0.3, 0.4) is 0 Å². The van der Waals surface area contributed by atoms with Crippen molar-refractivity contribution in [3.63, 3.8) is 0 Å². The van der Waals surface area contributed by atoms with E-state index in [4.69, 9.17) is 10.5 Å². The lowest BCUT2D eigenvalue weighted by Gasteiger charge is -2.42. The third-order valence-electron chi connectivity index (χ3n) is 5.32. The Morgan fingerprint density at radius 2 is 1.88 bits per heavy atom. The lowest BCUT2D eigenvalue weighted by atomic mass is 9.68. The van der Waals surface area contributed by atoms with Crippen LogP contribution in [0.4, 0.5) is 4.79 Å². The van der Waals surface area contributed by atoms with Gasteiger partial charge in [0, 0.05) is 18.5 Å². The van der Waals surface area contributed by atoms with Crippen LogP contribution >= 0.6 is 0 Å². The molecule has 0 aromatic heterocycles. The highest BCUT2D eigenvalue weighted by Crippen LogP contribution is 2.48. The maximum absolute atomic E-state index is 12.8. The number of hydrogen-bond acceptors (Lipinski definition) is 3. The fourth-order valence-corrected chi connectivity index (χ4v) is 3.63. The van der Waals surface area contributed by atoms with Gasteiger partial charge in [0.15, 0.2) is 0 Å². The minimum absolute atomic E-state index is 0.0778. The van der Waals surface area contributed by atoms with Crippen LogP contribution in [0.1, 0.15) is 57.9 Å². The van der Waals surface area contributed by atoms with Gasteiger partial charge >= 0.3 is 6.09 Å². The van der Waals surface area contributed by atoms with E-state index in [9.17, 15) is 9.59 Å². The maximum Gasteiger partial charge on any atom is 0.410 e. The first-order chi connectivity index (χ1) is 11.7. The van der Waals surface area contributed by atoms with E-state index >= 15 is 0 Å². The summed E-state index contributed by atoms with van der Waals surface area (Å²) in [5, 5.41) is 0. The Labute approximate surface area is 149 Å². The van der Waals surface area contributed by atoms with E-state index < -0.39 is 11.0 Å². The van der Waals surface area contributed by atoms with E-state index in [0.717, 1.165) is 25.7 Å². The van der Waals surface area contributed by atoms with Crippen LogP contribution in [-0.4, -0.2) is 35.1 Å². The second-order valence-electron chi connectivity index (χ2n) is 8.43. The van der Waals surface area contributed by atoms with Gasteiger partial charge in [0.05, 0.1) is 5.41 Å². The summed E-state index contributed by atoms with van der Waals surface area (Å²) in [4.78, 5) is 26.6. The van der Waals surface area contributed by atoms with Crippen LogP contribution < -0.4 is 5.73 Å². The average molecular weight is 344 g/mol. The number of hydrogen-bond donors (Lipinski definition) is 1. The number of carbonyl (C=O) groups excluding carboxylic acids is 2. The van der Waals surface area contributed by atoms with Crippen LogP contribution in [0.25, 0.3) is 0 Å². The lowest BCUT2D eigenvalue weighted by molar-refractivity contribution is -0.134. The Hall–Kier alpha value is -2.04. The van der Waals surface area contributed by atoms with Crippen LogP contribution in [0, 0.1) is 5.41 Å². The third-order valence-corrected chi connectivity index (χ3v) is 5.32. The summed E-state index contributed by atoms with van der Waals surface area (Å²) in [5.41, 5.74) is 5.74. The van der Waals surface area contributed by atoms with E-state index in [1.165, 1.54) is 5.56 Å². The van der Waals surface area contributed by atoms with Crippen molar-refractivity contribution in [1.29, 1.82) is 0 Å². The van der Waals surface area contributed by atoms with E-state index in [1.54, 1.807) is 4.90 Å². The topological polar surface area (TPSA) is 72.6 Å². The van der Waals surface area contributed by atoms with Crippen molar-refractivity contribution in [2.45, 2.75) is 64.0 Å². The zero-order chi connectivity index (χ0) is 18.2. The molecule has 0 saturated heterocycles. The van der Waals surface area contributed by atoms with Crippen molar-refractivity contribution in [3.05, 3.63) is 35.9 Å². The quantitative estimate of drug-likeness (QED) is 0.889. The molecule has 3 rings (SSSR count). The Morgan fingerprint density at radius 3 is 2.36 bits per heavy atom. The molecule has 2 atom stereocenters. The summed E-state index contributed by atoms with van der Waals surface area (Å²) in [5.74, 6) is 0.00272. The fourth-order valence-electron chi connectivity index (χ4n) is 3.63. The minimum atomic E-state index is -0.583. The van der Waals surface area contributed by atoms with Gasteiger partial charge in [-0.15, -0.1) is 0 Å². The molecule has 2 unspecified atom stereocenters. The normalized spacial score (nSPS) is 24.1. The fraction of sp³-hybridized carbons (Fsp3) is 0.600. The number of nitrogens with zero attached hydrogens (tertiary/aromatic N) is 1. The zero-order valence-electron chi connectivity index (χ0n) is 15.3. The minimum Gasteiger partial charge on any atom is -0.444 e. The lowest BCUT2D eigenvalue weighted by Crippen LogP contribution is -2.53. The number of carbonyl (C=O) groups is 2. The molecule has 2 amide bonds. The Morgan fingerprint density at radius 1 is 1.24 bits per heavy atom. The summed E-state index contributed by atoms with van der Waals surface area (Å²) in [6.07, 6.45) is 3.05. The molecule has 0 aliphatic heterocycles. The number of rotatable bonds is 5. The number of nitrogens with two attached hydrogens (primary N) is 1. The summed E-state index contributed by atoms with van der Waals surface area (Å²) in [6.45, 7) is 5.94. The Bertz CT molecular complexity index is 647. The highest BCUT2D eigenvalue weighted by atomic mass is 16.6. The molecule has 0 bridgehead atoms. The predicted octanol–water partition coefficient (Wildman–Crippen LogP) is 3.44. The number of amides is 2. The maximum atomic E-state index is 12.8. The van der Waals surface area contributed by atoms with E-state index in [1.807, 2.05) is 39.0 Å². The summed E-state index contributed by atoms with van der Waals surface area (Å²) < 4.78 is 5.61. The molecule has 5 heteroatoms. The number of benzene rings is 1. The van der Waals surface area contributed by atoms with Crippen LogP contribution in [0.15, 0.2) is 30.3 Å². The monoisotopic (exact) mass is 344 g/mol. The zero-order valence-corrected chi connectivity index (χ0v) is 15.3. The first-order valence-electron chi connectivity index (χ1n) is 9.06. The predicted molar refractivity (Wildman–Crippen MR) is 96.0 cm³/mol. The standard InChI is InChI=1S/C20H28N2O3/c1-19(2,3)25-18(24)22(13-20(17(21)23)10-7-11-20)16-12-15(16)14-8-5-4-6-9-14/h4-6,8-9,15-16H,7,10-13H2,1-3H3,(H2,21,23). The van der Waals surface area contributed by atoms with E-state index in [0.29, 0.717) is 12.5 Å². The summed E-state index contributed by atoms with van der Waals surface area (Å²) >= 11 is 0. The largest absolute Gasteiger partial charge is 0.444 e. The first kappa shape index (κ1) is 17.8. The summed E-state index contributed by atoms with van der Waals surface area (Å²) in [7, 11) is 0. The van der Waals surface area contributed by atoms with Crippen LogP contribution in [0.5, 0.6) is 0 Å². The molecular formula is C20H28N2O3. The van der Waals surface area contributed by atoms with E-state index in [2.05, 4.69) is 12.1 Å². The van der Waals surface area contributed by atoms with Crippen molar-refractivity contribution < 1.29 is 14.3 Å². The molecule has 0 radical (unpaired) electrons. The molecule has 0 spiro atoms. The average Bonchev–Trinajstić information content (AvgIpc) is 3.25. The van der Waals surface area contributed by atoms with Crippen molar-refractivity contribution in [2.24, 2.45) is 11.1 Å². The van der Waals surface area contributed by atoms with Gasteiger partial charge in [-0.05, 0) is 45.6 Å². The van der Waals surface area contributed by atoms with Crippen molar-refractivity contribution in [3.8, 4) is 0 Å². The van der Waals surface area contributed by atoms with Crippen molar-refractivity contribution >= 4 is 12.0 Å². The van der Waals surface area contributed by atoms with Gasteiger partial charge in [0.2, 0.25) is 5.91 Å². The van der Waals surface area contributed by atoms with Crippen LogP contribution in [-0.2, 0) is 9.53 Å². The highest BCUT2D eigenvalue weighted by molar-refractivity contribution is 5.83. The molecule has 5 nitrogen and oxygen atoms in total. The van der Waals surface area contributed by atoms with Gasteiger partial charge in [0.25, 0.3) is 0 Å². The molecule has 2 N–H and O–H groups in total. The second kappa shape index (κ2) is 6.36. The molecule has 2 fully saturated rings. The second-order valence-corrected chi connectivity index (χ2v) is 8.43. The summed E-state index contributed by atoms with van der Waals surface area (Å²) in [6, 6.07) is 10.3. The highest BCUT2D eigenvalue weighted by Gasteiger charge is 2.52. The van der Waals surface area contributed by atoms with Gasteiger partial charge in [-0.1, -0.05) is 36.8 Å². The number of ether oxygens (including phenoxy) is 1. The molecule has 1 aromatic carbocycles. The molecular weight excluding hydrogens is 316 g/mol. The van der Waals surface area contributed by atoms with Gasteiger partial charge in [0.1, 0.15) is 5.60 Å². The van der Waals surface area contributed by atoms with Crippen molar-refractivity contribution in [1.82, 2.24) is 4.90 Å². The molecule has 25 heavy (non-hydrogen) atoms. The molecule has 2 aliphatic rings. The van der Waals surface area contributed by atoms with E-state index in [-0.39, 0.29) is 18.0 Å². The SMILES string of the molecule is CC(C)(C)OC(=O)N(CC1(C(N)=O)CCC1)C1CC1c1ccccc1. The van der Waals surface area contributed by atoms with Gasteiger partial charge in [-0.25, -0.2) is 4.79 Å². The smallest absolute Gasteiger partial charge is 0.410 e. The molecule has 0 heterocycles. The Balaban J connectivity index is 1.78. The molecule has 2 saturated carbocycles.